The summed E-state index contributed by atoms with van der Waals surface area (Å²) < 4.78 is 68.7. The van der Waals surface area contributed by atoms with Gasteiger partial charge in [-0.25, -0.2) is 18.4 Å². The van der Waals surface area contributed by atoms with Crippen LogP contribution < -0.4 is 10.6 Å². The van der Waals surface area contributed by atoms with Crippen LogP contribution in [0.3, 0.4) is 0 Å². The number of halogens is 3. The number of anilines is 2. The topological polar surface area (TPSA) is 102 Å². The highest BCUT2D eigenvalue weighted by Crippen LogP contribution is 2.37. The minimum Gasteiger partial charge on any atom is -0.399 e. The van der Waals surface area contributed by atoms with Crippen molar-refractivity contribution in [1.82, 2.24) is 14.3 Å². The molecular formula is C17H18F3N5O3S. The van der Waals surface area contributed by atoms with Crippen molar-refractivity contribution < 1.29 is 26.3 Å². The molecule has 2 aliphatic heterocycles. The maximum absolute atomic E-state index is 13.0. The van der Waals surface area contributed by atoms with E-state index in [0.29, 0.717) is 59.1 Å². The summed E-state index contributed by atoms with van der Waals surface area (Å²) in [6.45, 7) is 0.999. The van der Waals surface area contributed by atoms with Crippen molar-refractivity contribution in [3.63, 3.8) is 0 Å². The number of hydrogen-bond acceptors (Lipinski definition) is 7. The van der Waals surface area contributed by atoms with E-state index in [1.54, 1.807) is 24.3 Å². The summed E-state index contributed by atoms with van der Waals surface area (Å²) in [5.41, 5.74) is 2.16. The van der Waals surface area contributed by atoms with Crippen LogP contribution >= 0.6 is 0 Å². The van der Waals surface area contributed by atoms with Gasteiger partial charge in [0.2, 0.25) is 0 Å². The zero-order valence-corrected chi connectivity index (χ0v) is 16.0. The Hall–Kier alpha value is -2.44. The largest absolute Gasteiger partial charge is 0.511 e. The molecule has 1 fully saturated rings. The molecule has 1 aromatic carbocycles. The lowest BCUT2D eigenvalue weighted by atomic mass is 10.1. The van der Waals surface area contributed by atoms with E-state index >= 15 is 0 Å². The van der Waals surface area contributed by atoms with Crippen LogP contribution in [0, 0.1) is 0 Å². The van der Waals surface area contributed by atoms with Crippen LogP contribution in [-0.4, -0.2) is 54.5 Å². The highest BCUT2D eigenvalue weighted by Gasteiger charge is 2.52. The van der Waals surface area contributed by atoms with Gasteiger partial charge < -0.3 is 15.4 Å². The Kier molecular flexibility index (Phi) is 4.87. The number of nitrogen functional groups attached to an aromatic ring is 1. The summed E-state index contributed by atoms with van der Waals surface area (Å²) in [5, 5.41) is 0. The summed E-state index contributed by atoms with van der Waals surface area (Å²) in [4.78, 5) is 10.8. The van der Waals surface area contributed by atoms with Gasteiger partial charge in [-0.05, 0) is 24.3 Å². The number of nitrogens with two attached hydrogens (primary N) is 1. The molecule has 0 aliphatic carbocycles. The second kappa shape index (κ2) is 7.11. The molecule has 8 nitrogen and oxygen atoms in total. The first-order valence-corrected chi connectivity index (χ1v) is 10.3. The third kappa shape index (κ3) is 3.63. The normalized spacial score (nSPS) is 18.1. The summed E-state index contributed by atoms with van der Waals surface area (Å²) in [6, 6.07) is 6.75. The number of hydrogen-bond donors (Lipinski definition) is 1. The molecule has 29 heavy (non-hydrogen) atoms. The van der Waals surface area contributed by atoms with E-state index in [-0.39, 0.29) is 5.69 Å². The maximum Gasteiger partial charge on any atom is 0.511 e. The van der Waals surface area contributed by atoms with Crippen molar-refractivity contribution in [2.45, 2.75) is 18.6 Å². The third-order valence-corrected chi connectivity index (χ3v) is 6.37. The van der Waals surface area contributed by atoms with Crippen LogP contribution in [0.1, 0.15) is 11.3 Å². The predicted molar refractivity (Wildman–Crippen MR) is 99.1 cm³/mol. The molecule has 0 unspecified atom stereocenters. The van der Waals surface area contributed by atoms with Crippen LogP contribution in [0.4, 0.5) is 24.7 Å². The smallest absolute Gasteiger partial charge is 0.399 e. The molecule has 1 aromatic heterocycles. The lowest BCUT2D eigenvalue weighted by Gasteiger charge is -2.29. The van der Waals surface area contributed by atoms with Crippen LogP contribution in [0.25, 0.3) is 11.4 Å². The minimum atomic E-state index is -5.47. The average Bonchev–Trinajstić information content (AvgIpc) is 3.12. The lowest BCUT2D eigenvalue weighted by molar-refractivity contribution is -0.0490. The lowest BCUT2D eigenvalue weighted by Crippen LogP contribution is -2.38. The van der Waals surface area contributed by atoms with Crippen LogP contribution in [0.15, 0.2) is 24.3 Å². The Morgan fingerprint density at radius 1 is 1.03 bits per heavy atom. The zero-order valence-electron chi connectivity index (χ0n) is 15.2. The van der Waals surface area contributed by atoms with E-state index in [4.69, 9.17) is 10.5 Å². The number of rotatable bonds is 3. The van der Waals surface area contributed by atoms with Crippen LogP contribution in [-0.2, 0) is 27.8 Å². The number of fused-ring (bicyclic) bond motifs is 1. The molecule has 12 heteroatoms. The fraction of sp³-hybridized carbons (Fsp3) is 0.412. The Morgan fingerprint density at radius 2 is 1.69 bits per heavy atom. The first kappa shape index (κ1) is 19.9. The van der Waals surface area contributed by atoms with Crippen molar-refractivity contribution in [3.05, 3.63) is 35.5 Å². The molecule has 0 saturated carbocycles. The van der Waals surface area contributed by atoms with Gasteiger partial charge in [0.1, 0.15) is 5.82 Å². The molecule has 3 heterocycles. The van der Waals surface area contributed by atoms with Crippen molar-refractivity contribution in [1.29, 1.82) is 0 Å². The van der Waals surface area contributed by atoms with Gasteiger partial charge in [0.05, 0.1) is 25.5 Å². The molecule has 2 aliphatic rings. The number of morpholine rings is 1. The van der Waals surface area contributed by atoms with Gasteiger partial charge in [-0.2, -0.15) is 17.5 Å². The van der Waals surface area contributed by atoms with Gasteiger partial charge in [-0.15, -0.1) is 0 Å². The third-order valence-electron chi connectivity index (χ3n) is 4.84. The molecule has 1 saturated heterocycles. The van der Waals surface area contributed by atoms with Crippen molar-refractivity contribution in [2.24, 2.45) is 0 Å². The quantitative estimate of drug-likeness (QED) is 0.742. The summed E-state index contributed by atoms with van der Waals surface area (Å²) in [5.74, 6) is 0.737. The number of sulfonamides is 1. The Balaban J connectivity index is 1.78. The number of nitrogens with zero attached hydrogens (tertiary/aromatic N) is 4. The van der Waals surface area contributed by atoms with E-state index in [1.807, 2.05) is 4.90 Å². The van der Waals surface area contributed by atoms with Crippen molar-refractivity contribution >= 4 is 21.5 Å². The molecule has 0 radical (unpaired) electrons. The Labute approximate surface area is 165 Å². The monoisotopic (exact) mass is 429 g/mol. The van der Waals surface area contributed by atoms with Gasteiger partial charge in [0, 0.05) is 36.4 Å². The molecule has 4 rings (SSSR count). The summed E-state index contributed by atoms with van der Waals surface area (Å²) in [7, 11) is -5.47. The number of ether oxygens (including phenoxy) is 1. The fourth-order valence-electron chi connectivity index (χ4n) is 3.32. The second-order valence-electron chi connectivity index (χ2n) is 6.74. The summed E-state index contributed by atoms with van der Waals surface area (Å²) in [6.07, 6.45) is 0. The molecule has 0 spiro atoms. The van der Waals surface area contributed by atoms with E-state index < -0.39 is 28.6 Å². The average molecular weight is 429 g/mol. The second-order valence-corrected chi connectivity index (χ2v) is 8.67. The number of benzene rings is 1. The van der Waals surface area contributed by atoms with Crippen LogP contribution in [0.2, 0.25) is 0 Å². The fourth-order valence-corrected chi connectivity index (χ4v) is 4.21. The van der Waals surface area contributed by atoms with Gasteiger partial charge >= 0.3 is 15.5 Å². The standard InChI is InChI=1S/C17H18F3N5O3S/c18-17(19,20)29(26,27)25-9-13-14(10-25)22-15(11-1-3-12(21)4-2-11)23-16(13)24-5-7-28-8-6-24/h1-4H,5-10,21H2. The Morgan fingerprint density at radius 3 is 2.31 bits per heavy atom. The maximum atomic E-state index is 13.0. The van der Waals surface area contributed by atoms with Gasteiger partial charge in [0.25, 0.3) is 0 Å². The van der Waals surface area contributed by atoms with Gasteiger partial charge in [-0.1, -0.05) is 0 Å². The predicted octanol–water partition coefficient (Wildman–Crippen LogP) is 1.73. The number of alkyl halides is 3. The molecule has 0 amide bonds. The van der Waals surface area contributed by atoms with E-state index in [2.05, 4.69) is 9.97 Å². The molecule has 2 N–H and O–H groups in total. The van der Waals surface area contributed by atoms with Crippen LogP contribution in [0.5, 0.6) is 0 Å². The first-order valence-electron chi connectivity index (χ1n) is 8.81. The molecular weight excluding hydrogens is 411 g/mol. The molecule has 2 aromatic rings. The van der Waals surface area contributed by atoms with E-state index in [1.165, 1.54) is 0 Å². The molecule has 0 bridgehead atoms. The highest BCUT2D eigenvalue weighted by molar-refractivity contribution is 7.89. The van der Waals surface area contributed by atoms with Crippen molar-refractivity contribution in [2.75, 3.05) is 36.9 Å². The SMILES string of the molecule is Nc1ccc(-c2nc3c(c(N4CCOCC4)n2)CN(S(=O)(=O)C(F)(F)F)C3)cc1. The van der Waals surface area contributed by atoms with Gasteiger partial charge in [-0.3, -0.25) is 0 Å². The zero-order chi connectivity index (χ0) is 20.8. The molecule has 156 valence electrons. The van der Waals surface area contributed by atoms with E-state index in [0.717, 1.165) is 0 Å². The van der Waals surface area contributed by atoms with Gasteiger partial charge in [0.15, 0.2) is 5.82 Å². The number of aromatic nitrogens is 2. The summed E-state index contributed by atoms with van der Waals surface area (Å²) >= 11 is 0. The molecule has 0 atom stereocenters. The van der Waals surface area contributed by atoms with Crippen molar-refractivity contribution in [3.8, 4) is 11.4 Å². The van der Waals surface area contributed by atoms with E-state index in [9.17, 15) is 21.6 Å². The highest BCUT2D eigenvalue weighted by atomic mass is 32.2. The first-order chi connectivity index (χ1) is 13.7. The Bertz CT molecular complexity index is 1020. The minimum absolute atomic E-state index is 0.265.